The Morgan fingerprint density at radius 1 is 0.789 bits per heavy atom. The first-order chi connectivity index (χ1) is 9.33. The maximum atomic E-state index is 13.0. The Hall–Kier alpha value is -1.83. The summed E-state index contributed by atoms with van der Waals surface area (Å²) in [6.45, 7) is 2.29. The van der Waals surface area contributed by atoms with E-state index >= 15 is 0 Å². The molecule has 1 nitrogen and oxygen atoms in total. The molecule has 0 bridgehead atoms. The van der Waals surface area contributed by atoms with E-state index in [1.807, 2.05) is 12.1 Å². The molecule has 0 atom stereocenters. The van der Waals surface area contributed by atoms with Gasteiger partial charge in [0, 0.05) is 18.8 Å². The van der Waals surface area contributed by atoms with Gasteiger partial charge in [0.25, 0.3) is 0 Å². The summed E-state index contributed by atoms with van der Waals surface area (Å²) in [7, 11) is 0. The molecule has 0 amide bonds. The summed E-state index contributed by atoms with van der Waals surface area (Å²) in [5, 5.41) is 0. The van der Waals surface area contributed by atoms with Crippen LogP contribution >= 0.6 is 0 Å². The van der Waals surface area contributed by atoms with Crippen LogP contribution in [-0.4, -0.2) is 13.1 Å². The maximum absolute atomic E-state index is 13.0. The van der Waals surface area contributed by atoms with Crippen molar-refractivity contribution in [2.75, 3.05) is 18.0 Å². The quantitative estimate of drug-likeness (QED) is 0.764. The summed E-state index contributed by atoms with van der Waals surface area (Å²) in [6, 6.07) is 15.3. The van der Waals surface area contributed by atoms with Crippen molar-refractivity contribution in [2.24, 2.45) is 0 Å². The molecule has 0 saturated carbocycles. The van der Waals surface area contributed by atoms with E-state index < -0.39 is 0 Å². The van der Waals surface area contributed by atoms with Crippen LogP contribution in [0.25, 0.3) is 11.1 Å². The minimum Gasteiger partial charge on any atom is -0.372 e. The van der Waals surface area contributed by atoms with Crippen LogP contribution in [0.4, 0.5) is 10.1 Å². The molecular formula is C17H18FN. The number of rotatable bonds is 2. The Kier molecular flexibility index (Phi) is 3.49. The second kappa shape index (κ2) is 5.43. The molecule has 1 saturated heterocycles. The van der Waals surface area contributed by atoms with Gasteiger partial charge in [0.1, 0.15) is 5.82 Å². The highest BCUT2D eigenvalue weighted by Gasteiger charge is 2.11. The number of piperidine rings is 1. The van der Waals surface area contributed by atoms with Crippen LogP contribution in [0.15, 0.2) is 48.5 Å². The highest BCUT2D eigenvalue weighted by molar-refractivity contribution is 5.68. The second-order valence-electron chi connectivity index (χ2n) is 5.10. The summed E-state index contributed by atoms with van der Waals surface area (Å²) < 4.78 is 13.0. The Morgan fingerprint density at radius 2 is 1.53 bits per heavy atom. The van der Waals surface area contributed by atoms with Gasteiger partial charge in [-0.3, -0.25) is 0 Å². The van der Waals surface area contributed by atoms with Crippen LogP contribution in [0.5, 0.6) is 0 Å². The molecular weight excluding hydrogens is 237 g/mol. The summed E-state index contributed by atoms with van der Waals surface area (Å²) in [4.78, 5) is 2.44. The maximum Gasteiger partial charge on any atom is 0.123 e. The minimum absolute atomic E-state index is 0.184. The van der Waals surface area contributed by atoms with Crippen LogP contribution in [0.2, 0.25) is 0 Å². The molecule has 98 valence electrons. The van der Waals surface area contributed by atoms with Crippen molar-refractivity contribution in [2.45, 2.75) is 19.3 Å². The molecule has 0 radical (unpaired) electrons. The van der Waals surface area contributed by atoms with E-state index in [-0.39, 0.29) is 5.82 Å². The first-order valence-electron chi connectivity index (χ1n) is 6.94. The van der Waals surface area contributed by atoms with Crippen molar-refractivity contribution in [1.82, 2.24) is 0 Å². The Morgan fingerprint density at radius 3 is 2.26 bits per heavy atom. The van der Waals surface area contributed by atoms with E-state index in [4.69, 9.17) is 0 Å². The van der Waals surface area contributed by atoms with Crippen LogP contribution < -0.4 is 4.90 Å². The van der Waals surface area contributed by atoms with Gasteiger partial charge in [0.2, 0.25) is 0 Å². The van der Waals surface area contributed by atoms with Gasteiger partial charge < -0.3 is 4.90 Å². The zero-order chi connectivity index (χ0) is 13.1. The molecule has 0 N–H and O–H groups in total. The fourth-order valence-corrected chi connectivity index (χ4v) is 2.68. The largest absolute Gasteiger partial charge is 0.372 e. The number of halogens is 1. The van der Waals surface area contributed by atoms with E-state index in [1.54, 1.807) is 0 Å². The zero-order valence-electron chi connectivity index (χ0n) is 11.0. The second-order valence-corrected chi connectivity index (χ2v) is 5.10. The third kappa shape index (κ3) is 2.78. The standard InChI is InChI=1S/C17H18FN/c18-16-9-7-14(8-10-16)15-5-4-6-17(13-15)19-11-2-1-3-12-19/h4-10,13H,1-3,11-12H2. The minimum atomic E-state index is -0.184. The van der Waals surface area contributed by atoms with Gasteiger partial charge in [-0.2, -0.15) is 0 Å². The van der Waals surface area contributed by atoms with Crippen molar-refractivity contribution in [1.29, 1.82) is 0 Å². The lowest BCUT2D eigenvalue weighted by molar-refractivity contribution is 0.578. The molecule has 2 aromatic carbocycles. The molecule has 0 spiro atoms. The molecule has 1 aliphatic rings. The van der Waals surface area contributed by atoms with E-state index in [2.05, 4.69) is 29.2 Å². The number of benzene rings is 2. The van der Waals surface area contributed by atoms with Crippen molar-refractivity contribution >= 4 is 5.69 Å². The van der Waals surface area contributed by atoms with Gasteiger partial charge >= 0.3 is 0 Å². The van der Waals surface area contributed by atoms with Gasteiger partial charge in [-0.15, -0.1) is 0 Å². The van der Waals surface area contributed by atoms with Crippen LogP contribution in [0.3, 0.4) is 0 Å². The van der Waals surface area contributed by atoms with Crippen molar-refractivity contribution in [3.63, 3.8) is 0 Å². The van der Waals surface area contributed by atoms with Crippen LogP contribution in [0.1, 0.15) is 19.3 Å². The summed E-state index contributed by atoms with van der Waals surface area (Å²) in [6.07, 6.45) is 3.90. The average Bonchev–Trinajstić information content (AvgIpc) is 2.49. The van der Waals surface area contributed by atoms with E-state index in [0.717, 1.165) is 24.2 Å². The Bertz CT molecular complexity index is 541. The molecule has 19 heavy (non-hydrogen) atoms. The first-order valence-corrected chi connectivity index (χ1v) is 6.94. The molecule has 0 unspecified atom stereocenters. The van der Waals surface area contributed by atoms with Gasteiger partial charge in [-0.05, 0) is 54.7 Å². The van der Waals surface area contributed by atoms with Crippen molar-refractivity contribution < 1.29 is 4.39 Å². The predicted octanol–water partition coefficient (Wildman–Crippen LogP) is 4.48. The third-order valence-electron chi connectivity index (χ3n) is 3.74. The molecule has 0 aliphatic carbocycles. The number of hydrogen-bond donors (Lipinski definition) is 0. The highest BCUT2D eigenvalue weighted by Crippen LogP contribution is 2.26. The summed E-state index contributed by atoms with van der Waals surface area (Å²) in [5.41, 5.74) is 3.50. The lowest BCUT2D eigenvalue weighted by atomic mass is 10.0. The van der Waals surface area contributed by atoms with Gasteiger partial charge in [0.15, 0.2) is 0 Å². The zero-order valence-corrected chi connectivity index (χ0v) is 11.0. The average molecular weight is 255 g/mol. The van der Waals surface area contributed by atoms with E-state index in [1.165, 1.54) is 37.1 Å². The Balaban J connectivity index is 1.88. The first kappa shape index (κ1) is 12.2. The molecule has 3 rings (SSSR count). The molecule has 2 heteroatoms. The highest BCUT2D eigenvalue weighted by atomic mass is 19.1. The Labute approximate surface area is 113 Å². The van der Waals surface area contributed by atoms with Crippen LogP contribution in [0, 0.1) is 5.82 Å². The lowest BCUT2D eigenvalue weighted by Crippen LogP contribution is -2.29. The van der Waals surface area contributed by atoms with Crippen molar-refractivity contribution in [3.05, 3.63) is 54.3 Å². The number of anilines is 1. The lowest BCUT2D eigenvalue weighted by Gasteiger charge is -2.29. The fourth-order valence-electron chi connectivity index (χ4n) is 2.68. The number of nitrogens with zero attached hydrogens (tertiary/aromatic N) is 1. The number of hydrogen-bond acceptors (Lipinski definition) is 1. The topological polar surface area (TPSA) is 3.24 Å². The molecule has 1 aliphatic heterocycles. The molecule has 2 aromatic rings. The third-order valence-corrected chi connectivity index (χ3v) is 3.74. The fraction of sp³-hybridized carbons (Fsp3) is 0.294. The van der Waals surface area contributed by atoms with Crippen molar-refractivity contribution in [3.8, 4) is 11.1 Å². The van der Waals surface area contributed by atoms with Gasteiger partial charge in [-0.1, -0.05) is 24.3 Å². The van der Waals surface area contributed by atoms with Gasteiger partial charge in [0.05, 0.1) is 0 Å². The molecule has 0 aromatic heterocycles. The summed E-state index contributed by atoms with van der Waals surface area (Å²) in [5.74, 6) is -0.184. The van der Waals surface area contributed by atoms with E-state index in [0.29, 0.717) is 0 Å². The predicted molar refractivity (Wildman–Crippen MR) is 77.9 cm³/mol. The normalized spacial score (nSPS) is 15.5. The SMILES string of the molecule is Fc1ccc(-c2cccc(N3CCCCC3)c2)cc1. The van der Waals surface area contributed by atoms with Crippen LogP contribution in [-0.2, 0) is 0 Å². The smallest absolute Gasteiger partial charge is 0.123 e. The molecule has 1 fully saturated rings. The van der Waals surface area contributed by atoms with Gasteiger partial charge in [-0.25, -0.2) is 4.39 Å². The molecule has 1 heterocycles. The summed E-state index contributed by atoms with van der Waals surface area (Å²) >= 11 is 0. The monoisotopic (exact) mass is 255 g/mol. The van der Waals surface area contributed by atoms with E-state index in [9.17, 15) is 4.39 Å².